The first-order valence-corrected chi connectivity index (χ1v) is 8.97. The van der Waals surface area contributed by atoms with Gasteiger partial charge in [-0.05, 0) is 69.3 Å². The van der Waals surface area contributed by atoms with E-state index in [0.29, 0.717) is 29.6 Å². The van der Waals surface area contributed by atoms with Gasteiger partial charge in [0.1, 0.15) is 5.82 Å². The minimum Gasteiger partial charge on any atom is -0.376 e. The SMILES string of the molecule is CNCC1CCCN(C(=O)c2ccc(F)c(COCC3CC3)c2)C1. The van der Waals surface area contributed by atoms with E-state index in [-0.39, 0.29) is 18.3 Å². The molecule has 5 heteroatoms. The van der Waals surface area contributed by atoms with E-state index in [2.05, 4.69) is 5.32 Å². The highest BCUT2D eigenvalue weighted by Crippen LogP contribution is 2.29. The number of carbonyl (C=O) groups is 1. The molecule has 1 unspecified atom stereocenters. The second kappa shape index (κ2) is 8.08. The van der Waals surface area contributed by atoms with E-state index in [1.807, 2.05) is 11.9 Å². The minimum absolute atomic E-state index is 0.000698. The van der Waals surface area contributed by atoms with E-state index in [9.17, 15) is 9.18 Å². The number of nitrogens with one attached hydrogen (secondary N) is 1. The molecule has 1 N–H and O–H groups in total. The molecule has 1 heterocycles. The van der Waals surface area contributed by atoms with Crippen LogP contribution in [0.3, 0.4) is 0 Å². The second-order valence-electron chi connectivity index (χ2n) is 7.08. The molecule has 1 saturated carbocycles. The molecule has 1 atom stereocenters. The molecule has 0 spiro atoms. The van der Waals surface area contributed by atoms with Crippen LogP contribution in [0.25, 0.3) is 0 Å². The van der Waals surface area contributed by atoms with Gasteiger partial charge in [-0.2, -0.15) is 0 Å². The number of likely N-dealkylation sites (tertiary alicyclic amines) is 1. The van der Waals surface area contributed by atoms with Gasteiger partial charge in [-0.1, -0.05) is 0 Å². The summed E-state index contributed by atoms with van der Waals surface area (Å²) in [5.41, 5.74) is 1.04. The van der Waals surface area contributed by atoms with E-state index < -0.39 is 0 Å². The van der Waals surface area contributed by atoms with Crippen molar-refractivity contribution in [2.45, 2.75) is 32.3 Å². The summed E-state index contributed by atoms with van der Waals surface area (Å²) in [6.45, 7) is 3.41. The fourth-order valence-electron chi connectivity index (χ4n) is 3.33. The number of halogens is 1. The van der Waals surface area contributed by atoms with Crippen molar-refractivity contribution in [3.63, 3.8) is 0 Å². The van der Waals surface area contributed by atoms with Gasteiger partial charge in [-0.15, -0.1) is 0 Å². The maximum Gasteiger partial charge on any atom is 0.253 e. The maximum absolute atomic E-state index is 14.0. The number of piperidine rings is 1. The number of amides is 1. The molecular formula is C19H27FN2O2. The first-order valence-electron chi connectivity index (χ1n) is 8.97. The third-order valence-corrected chi connectivity index (χ3v) is 4.90. The highest BCUT2D eigenvalue weighted by molar-refractivity contribution is 5.94. The maximum atomic E-state index is 14.0. The Hall–Kier alpha value is -1.46. The molecule has 132 valence electrons. The van der Waals surface area contributed by atoms with Crippen LogP contribution in [0.2, 0.25) is 0 Å². The lowest BCUT2D eigenvalue weighted by Gasteiger charge is -2.32. The Bertz CT molecular complexity index is 572. The summed E-state index contributed by atoms with van der Waals surface area (Å²) in [4.78, 5) is 14.6. The number of carbonyl (C=O) groups excluding carboxylic acids is 1. The zero-order chi connectivity index (χ0) is 16.9. The van der Waals surface area contributed by atoms with Crippen molar-refractivity contribution in [1.29, 1.82) is 0 Å². The van der Waals surface area contributed by atoms with Crippen molar-refractivity contribution < 1.29 is 13.9 Å². The Kier molecular flexibility index (Phi) is 5.85. The molecule has 1 amide bonds. The van der Waals surface area contributed by atoms with Crippen molar-refractivity contribution in [3.8, 4) is 0 Å². The number of benzene rings is 1. The van der Waals surface area contributed by atoms with Gasteiger partial charge in [-0.3, -0.25) is 4.79 Å². The van der Waals surface area contributed by atoms with Crippen LogP contribution in [-0.4, -0.2) is 44.1 Å². The monoisotopic (exact) mass is 334 g/mol. The van der Waals surface area contributed by atoms with Gasteiger partial charge in [0.15, 0.2) is 0 Å². The molecule has 1 saturated heterocycles. The lowest BCUT2D eigenvalue weighted by Crippen LogP contribution is -2.42. The highest BCUT2D eigenvalue weighted by atomic mass is 19.1. The average Bonchev–Trinajstić information content (AvgIpc) is 3.41. The number of hydrogen-bond donors (Lipinski definition) is 1. The van der Waals surface area contributed by atoms with Crippen LogP contribution in [0.15, 0.2) is 18.2 Å². The van der Waals surface area contributed by atoms with Crippen LogP contribution >= 0.6 is 0 Å². The summed E-state index contributed by atoms with van der Waals surface area (Å²) in [5.74, 6) is 0.845. The Labute approximate surface area is 143 Å². The van der Waals surface area contributed by atoms with Crippen LogP contribution in [0.5, 0.6) is 0 Å². The van der Waals surface area contributed by atoms with Crippen molar-refractivity contribution in [3.05, 3.63) is 35.1 Å². The van der Waals surface area contributed by atoms with Gasteiger partial charge in [0.25, 0.3) is 5.91 Å². The van der Waals surface area contributed by atoms with Crippen molar-refractivity contribution in [1.82, 2.24) is 10.2 Å². The highest BCUT2D eigenvalue weighted by Gasteiger charge is 2.25. The first-order chi connectivity index (χ1) is 11.7. The summed E-state index contributed by atoms with van der Waals surface area (Å²) in [7, 11) is 1.94. The van der Waals surface area contributed by atoms with Gasteiger partial charge < -0.3 is 15.0 Å². The third-order valence-electron chi connectivity index (χ3n) is 4.90. The van der Waals surface area contributed by atoms with Gasteiger partial charge in [0, 0.05) is 30.8 Å². The fraction of sp³-hybridized carbons (Fsp3) is 0.632. The predicted molar refractivity (Wildman–Crippen MR) is 91.3 cm³/mol. The zero-order valence-corrected chi connectivity index (χ0v) is 14.4. The first kappa shape index (κ1) is 17.4. The molecule has 24 heavy (non-hydrogen) atoms. The summed E-state index contributed by atoms with van der Waals surface area (Å²) >= 11 is 0. The van der Waals surface area contributed by atoms with Gasteiger partial charge in [0.05, 0.1) is 6.61 Å². The van der Waals surface area contributed by atoms with Crippen LogP contribution in [0.4, 0.5) is 4.39 Å². The minimum atomic E-state index is -0.297. The van der Waals surface area contributed by atoms with Crippen LogP contribution < -0.4 is 5.32 Å². The molecule has 2 aliphatic rings. The molecule has 1 aromatic rings. The van der Waals surface area contributed by atoms with Crippen molar-refractivity contribution in [2.24, 2.45) is 11.8 Å². The Morgan fingerprint density at radius 3 is 2.92 bits per heavy atom. The summed E-state index contributed by atoms with van der Waals surface area (Å²) in [6.07, 6.45) is 4.60. The molecular weight excluding hydrogens is 307 g/mol. The summed E-state index contributed by atoms with van der Waals surface area (Å²) < 4.78 is 19.5. The standard InChI is InChI=1S/C19H27FN2O2/c1-21-10-15-3-2-8-22(11-15)19(23)16-6-7-18(20)17(9-16)13-24-12-14-4-5-14/h6-7,9,14-15,21H,2-5,8,10-13H2,1H3. The number of rotatable bonds is 7. The topological polar surface area (TPSA) is 41.6 Å². The van der Waals surface area contributed by atoms with Crippen LogP contribution in [0, 0.1) is 17.7 Å². The van der Waals surface area contributed by atoms with Crippen molar-refractivity contribution >= 4 is 5.91 Å². The molecule has 1 aliphatic carbocycles. The Balaban J connectivity index is 1.62. The quantitative estimate of drug-likeness (QED) is 0.834. The molecule has 1 aliphatic heterocycles. The lowest BCUT2D eigenvalue weighted by molar-refractivity contribution is 0.0673. The van der Waals surface area contributed by atoms with Crippen LogP contribution in [-0.2, 0) is 11.3 Å². The van der Waals surface area contributed by atoms with Gasteiger partial charge >= 0.3 is 0 Å². The summed E-state index contributed by atoms with van der Waals surface area (Å²) in [6, 6.07) is 4.63. The molecule has 1 aromatic carbocycles. The summed E-state index contributed by atoms with van der Waals surface area (Å²) in [5, 5.41) is 3.19. The van der Waals surface area contributed by atoms with E-state index in [0.717, 1.165) is 32.5 Å². The Morgan fingerprint density at radius 1 is 1.33 bits per heavy atom. The average molecular weight is 334 g/mol. The smallest absolute Gasteiger partial charge is 0.253 e. The molecule has 0 aromatic heterocycles. The van der Waals surface area contributed by atoms with Crippen molar-refractivity contribution in [2.75, 3.05) is 33.3 Å². The number of ether oxygens (including phenoxy) is 1. The number of hydrogen-bond acceptors (Lipinski definition) is 3. The van der Waals surface area contributed by atoms with E-state index >= 15 is 0 Å². The molecule has 4 nitrogen and oxygen atoms in total. The third kappa shape index (κ3) is 4.54. The van der Waals surface area contributed by atoms with E-state index in [1.165, 1.54) is 18.9 Å². The normalized spacial score (nSPS) is 21.1. The largest absolute Gasteiger partial charge is 0.376 e. The zero-order valence-electron chi connectivity index (χ0n) is 14.4. The second-order valence-corrected chi connectivity index (χ2v) is 7.08. The van der Waals surface area contributed by atoms with E-state index in [4.69, 9.17) is 4.74 Å². The lowest BCUT2D eigenvalue weighted by atomic mass is 9.97. The van der Waals surface area contributed by atoms with E-state index in [1.54, 1.807) is 12.1 Å². The molecule has 2 fully saturated rings. The molecule has 0 radical (unpaired) electrons. The molecule has 0 bridgehead atoms. The van der Waals surface area contributed by atoms with Crippen LogP contribution in [0.1, 0.15) is 41.6 Å². The molecule has 3 rings (SSSR count). The number of nitrogens with zero attached hydrogens (tertiary/aromatic N) is 1. The predicted octanol–water partition coefficient (Wildman–Crippen LogP) is 2.82. The van der Waals surface area contributed by atoms with Gasteiger partial charge in [0.2, 0.25) is 0 Å². The fourth-order valence-corrected chi connectivity index (χ4v) is 3.33. The van der Waals surface area contributed by atoms with Gasteiger partial charge in [-0.25, -0.2) is 4.39 Å². The Morgan fingerprint density at radius 2 is 2.17 bits per heavy atom.